The molecule has 1 unspecified atom stereocenters. The largest absolute Gasteiger partial charge is 0.480 e. The van der Waals surface area contributed by atoms with Gasteiger partial charge in [0.1, 0.15) is 6.04 Å². The van der Waals surface area contributed by atoms with Gasteiger partial charge in [-0.3, -0.25) is 13.9 Å². The summed E-state index contributed by atoms with van der Waals surface area (Å²) in [5.41, 5.74) is 2.03. The van der Waals surface area contributed by atoms with E-state index in [4.69, 9.17) is 0 Å². The first-order valence-corrected chi connectivity index (χ1v) is 8.30. The van der Waals surface area contributed by atoms with E-state index in [0.29, 0.717) is 11.1 Å². The molecule has 0 aliphatic rings. The molecule has 0 saturated carbocycles. The van der Waals surface area contributed by atoms with E-state index in [1.165, 1.54) is 13.1 Å². The second-order valence-corrected chi connectivity index (χ2v) is 6.80. The third-order valence-electron chi connectivity index (χ3n) is 4.41. The van der Waals surface area contributed by atoms with Crippen molar-refractivity contribution in [2.45, 2.75) is 47.2 Å². The zero-order chi connectivity index (χ0) is 18.9. The number of rotatable bonds is 5. The molecule has 6 heteroatoms. The molecular formula is C19H24N2O4. The maximum atomic E-state index is 12.9. The molecule has 2 rings (SSSR count). The van der Waals surface area contributed by atoms with Crippen molar-refractivity contribution in [2.75, 3.05) is 0 Å². The number of aliphatic carboxylic acids is 1. The Kier molecular flexibility index (Phi) is 5.30. The smallest absolute Gasteiger partial charge is 0.331 e. The van der Waals surface area contributed by atoms with Crippen LogP contribution in [-0.2, 0) is 11.3 Å². The van der Waals surface area contributed by atoms with Crippen LogP contribution >= 0.6 is 0 Å². The van der Waals surface area contributed by atoms with E-state index < -0.39 is 17.7 Å². The van der Waals surface area contributed by atoms with Gasteiger partial charge in [-0.2, -0.15) is 0 Å². The molecule has 0 radical (unpaired) electrons. The molecular weight excluding hydrogens is 320 g/mol. The maximum absolute atomic E-state index is 12.9. The van der Waals surface area contributed by atoms with E-state index in [-0.39, 0.29) is 18.0 Å². The van der Waals surface area contributed by atoms with E-state index in [0.717, 1.165) is 20.3 Å². The standard InChI is InChI=1S/C19H24N2O4/c1-11(2)9-21-17(22)16(15-8-6-7-12(3)13(15)4)10-20(19(21)25)14(5)18(23)24/h6-8,10-11,14H,9H2,1-5H3,(H,23,24). The lowest BCUT2D eigenvalue weighted by Gasteiger charge is -2.18. The second-order valence-electron chi connectivity index (χ2n) is 6.80. The third kappa shape index (κ3) is 3.57. The monoisotopic (exact) mass is 344 g/mol. The Labute approximate surface area is 146 Å². The second kappa shape index (κ2) is 7.09. The SMILES string of the molecule is Cc1cccc(-c2cn(C(C)C(=O)O)c(=O)n(CC(C)C)c2=O)c1C. The number of benzene rings is 1. The minimum atomic E-state index is -1.12. The van der Waals surface area contributed by atoms with E-state index in [2.05, 4.69) is 0 Å². The summed E-state index contributed by atoms with van der Waals surface area (Å²) in [6, 6.07) is 4.55. The molecule has 2 aromatic rings. The highest BCUT2D eigenvalue weighted by Crippen LogP contribution is 2.23. The number of hydrogen-bond acceptors (Lipinski definition) is 3. The van der Waals surface area contributed by atoms with Gasteiger partial charge in [-0.15, -0.1) is 0 Å². The average molecular weight is 344 g/mol. The average Bonchev–Trinajstić information content (AvgIpc) is 2.54. The summed E-state index contributed by atoms with van der Waals surface area (Å²) in [4.78, 5) is 37.0. The zero-order valence-corrected chi connectivity index (χ0v) is 15.2. The van der Waals surface area contributed by atoms with Crippen molar-refractivity contribution < 1.29 is 9.90 Å². The van der Waals surface area contributed by atoms with Gasteiger partial charge in [0.15, 0.2) is 0 Å². The minimum Gasteiger partial charge on any atom is -0.480 e. The Hall–Kier alpha value is -2.63. The molecule has 0 aliphatic heterocycles. The topological polar surface area (TPSA) is 81.3 Å². The lowest BCUT2D eigenvalue weighted by Crippen LogP contribution is -2.43. The number of carbonyl (C=O) groups is 1. The molecule has 0 fully saturated rings. The van der Waals surface area contributed by atoms with E-state index in [1.54, 1.807) is 0 Å². The Morgan fingerprint density at radius 3 is 2.32 bits per heavy atom. The highest BCUT2D eigenvalue weighted by Gasteiger charge is 2.21. The van der Waals surface area contributed by atoms with Crippen LogP contribution in [0.2, 0.25) is 0 Å². The molecule has 25 heavy (non-hydrogen) atoms. The molecule has 0 bridgehead atoms. The van der Waals surface area contributed by atoms with Crippen LogP contribution < -0.4 is 11.2 Å². The quantitative estimate of drug-likeness (QED) is 0.904. The molecule has 0 saturated heterocycles. The fourth-order valence-corrected chi connectivity index (χ4v) is 2.77. The van der Waals surface area contributed by atoms with Crippen molar-refractivity contribution in [3.8, 4) is 11.1 Å². The zero-order valence-electron chi connectivity index (χ0n) is 15.2. The van der Waals surface area contributed by atoms with Crippen LogP contribution in [0.4, 0.5) is 0 Å². The van der Waals surface area contributed by atoms with Crippen LogP contribution in [-0.4, -0.2) is 20.2 Å². The van der Waals surface area contributed by atoms with E-state index in [9.17, 15) is 19.5 Å². The van der Waals surface area contributed by atoms with Gasteiger partial charge in [-0.25, -0.2) is 9.59 Å². The Morgan fingerprint density at radius 1 is 1.12 bits per heavy atom. The summed E-state index contributed by atoms with van der Waals surface area (Å²) in [7, 11) is 0. The summed E-state index contributed by atoms with van der Waals surface area (Å²) in [5, 5.41) is 9.32. The normalized spacial score (nSPS) is 12.4. The van der Waals surface area contributed by atoms with Crippen LogP contribution in [0, 0.1) is 19.8 Å². The molecule has 0 aliphatic carbocycles. The predicted octanol–water partition coefficient (Wildman–Crippen LogP) is 2.60. The summed E-state index contributed by atoms with van der Waals surface area (Å²) in [6.45, 7) is 9.33. The fraction of sp³-hybridized carbons (Fsp3) is 0.421. The van der Waals surface area contributed by atoms with Gasteiger partial charge in [-0.1, -0.05) is 32.0 Å². The van der Waals surface area contributed by atoms with Gasteiger partial charge in [0.05, 0.1) is 5.56 Å². The highest BCUT2D eigenvalue weighted by molar-refractivity contribution is 5.72. The molecule has 1 aromatic carbocycles. The van der Waals surface area contributed by atoms with Gasteiger partial charge in [0.2, 0.25) is 0 Å². The van der Waals surface area contributed by atoms with Crippen LogP contribution in [0.5, 0.6) is 0 Å². The molecule has 1 heterocycles. The minimum absolute atomic E-state index is 0.0767. The third-order valence-corrected chi connectivity index (χ3v) is 4.41. The van der Waals surface area contributed by atoms with Crippen LogP contribution in [0.15, 0.2) is 34.0 Å². The number of carboxylic acids is 1. The van der Waals surface area contributed by atoms with Gasteiger partial charge >= 0.3 is 11.7 Å². The lowest BCUT2D eigenvalue weighted by atomic mass is 9.98. The molecule has 0 amide bonds. The number of nitrogens with zero attached hydrogens (tertiary/aromatic N) is 2. The lowest BCUT2D eigenvalue weighted by molar-refractivity contribution is -0.140. The van der Waals surface area contributed by atoms with Gasteiger partial charge < -0.3 is 5.11 Å². The first-order chi connectivity index (χ1) is 11.6. The van der Waals surface area contributed by atoms with Gasteiger partial charge in [0.25, 0.3) is 5.56 Å². The number of carboxylic acid groups (broad SMARTS) is 1. The molecule has 6 nitrogen and oxygen atoms in total. The van der Waals surface area contributed by atoms with Crippen molar-refractivity contribution in [1.29, 1.82) is 0 Å². The first kappa shape index (κ1) is 18.7. The highest BCUT2D eigenvalue weighted by atomic mass is 16.4. The van der Waals surface area contributed by atoms with E-state index >= 15 is 0 Å². The van der Waals surface area contributed by atoms with Crippen molar-refractivity contribution in [3.05, 3.63) is 56.4 Å². The van der Waals surface area contributed by atoms with E-state index in [1.807, 2.05) is 45.9 Å². The van der Waals surface area contributed by atoms with Crippen molar-refractivity contribution in [1.82, 2.24) is 9.13 Å². The fourth-order valence-electron chi connectivity index (χ4n) is 2.77. The Bertz CT molecular complexity index is 922. The van der Waals surface area contributed by atoms with Gasteiger partial charge in [-0.05, 0) is 43.4 Å². The first-order valence-electron chi connectivity index (χ1n) is 8.30. The number of aryl methyl sites for hydroxylation is 1. The summed E-state index contributed by atoms with van der Waals surface area (Å²) in [6.07, 6.45) is 1.38. The Morgan fingerprint density at radius 2 is 1.76 bits per heavy atom. The van der Waals surface area contributed by atoms with Crippen LogP contribution in [0.1, 0.15) is 37.9 Å². The molecule has 1 aromatic heterocycles. The maximum Gasteiger partial charge on any atom is 0.331 e. The van der Waals surface area contributed by atoms with Crippen molar-refractivity contribution >= 4 is 5.97 Å². The van der Waals surface area contributed by atoms with Crippen LogP contribution in [0.25, 0.3) is 11.1 Å². The van der Waals surface area contributed by atoms with Crippen LogP contribution in [0.3, 0.4) is 0 Å². The molecule has 0 spiro atoms. The van der Waals surface area contributed by atoms with Gasteiger partial charge in [0, 0.05) is 12.7 Å². The molecule has 1 N–H and O–H groups in total. The molecule has 134 valence electrons. The summed E-state index contributed by atoms with van der Waals surface area (Å²) in [5.74, 6) is -1.04. The van der Waals surface area contributed by atoms with Crippen molar-refractivity contribution in [3.63, 3.8) is 0 Å². The number of hydrogen-bond donors (Lipinski definition) is 1. The van der Waals surface area contributed by atoms with Crippen molar-refractivity contribution in [2.24, 2.45) is 5.92 Å². The summed E-state index contributed by atoms with van der Waals surface area (Å²) < 4.78 is 2.27. The number of aromatic nitrogens is 2. The molecule has 1 atom stereocenters. The summed E-state index contributed by atoms with van der Waals surface area (Å²) >= 11 is 0. The Balaban J connectivity index is 2.86. The predicted molar refractivity (Wildman–Crippen MR) is 97.1 cm³/mol.